The van der Waals surface area contributed by atoms with Crippen molar-refractivity contribution in [3.8, 4) is 5.75 Å². The van der Waals surface area contributed by atoms with Gasteiger partial charge in [0.05, 0.1) is 7.11 Å². The molecular weight excluding hydrogens is 410 g/mol. The van der Waals surface area contributed by atoms with Crippen LogP contribution in [0.5, 0.6) is 5.75 Å². The number of likely N-dealkylation sites (N-methyl/N-ethyl adjacent to an activating group) is 1. The second-order valence-electron chi connectivity index (χ2n) is 7.41. The molecule has 0 spiro atoms. The lowest BCUT2D eigenvalue weighted by molar-refractivity contribution is -0.152. The molecule has 0 unspecified atom stereocenters. The Bertz CT molecular complexity index is 1150. The average molecular weight is 437 g/mol. The molecule has 3 aromatic rings. The number of aryl methyl sites for hydroxylation is 1. The number of amides is 1. The number of fused-ring (bicyclic) bond motifs is 1. The summed E-state index contributed by atoms with van der Waals surface area (Å²) in [7, 11) is 1.54. The molecule has 0 bridgehead atoms. The van der Waals surface area contributed by atoms with Gasteiger partial charge in [-0.25, -0.2) is 4.79 Å². The van der Waals surface area contributed by atoms with Crippen molar-refractivity contribution in [2.45, 2.75) is 33.2 Å². The lowest BCUT2D eigenvalue weighted by Gasteiger charge is -2.20. The molecule has 1 amide bonds. The second kappa shape index (κ2) is 10.6. The average Bonchev–Trinajstić information content (AvgIpc) is 2.81. The third-order valence-corrected chi connectivity index (χ3v) is 5.38. The van der Waals surface area contributed by atoms with Crippen LogP contribution in [0.3, 0.4) is 0 Å². The fourth-order valence-electron chi connectivity index (χ4n) is 3.50. The highest BCUT2D eigenvalue weighted by Crippen LogP contribution is 2.24. The Morgan fingerprint density at radius 3 is 2.53 bits per heavy atom. The molecular formula is C25H27NO6. The molecule has 0 N–H and O–H groups in total. The SMILES string of the molecule is CCN(Cc1ccccc1)C(=O)COC(=O)CCc1c(C)c2ccc(OC)cc2oc1=O. The van der Waals surface area contributed by atoms with Crippen LogP contribution in [0.4, 0.5) is 0 Å². The summed E-state index contributed by atoms with van der Waals surface area (Å²) in [5.74, 6) is -0.211. The first kappa shape index (κ1) is 23.1. The van der Waals surface area contributed by atoms with Crippen molar-refractivity contribution in [2.75, 3.05) is 20.3 Å². The maximum atomic E-state index is 12.4. The molecule has 1 aromatic heterocycles. The van der Waals surface area contributed by atoms with E-state index in [1.165, 1.54) is 7.11 Å². The van der Waals surface area contributed by atoms with E-state index < -0.39 is 11.6 Å². The molecule has 32 heavy (non-hydrogen) atoms. The maximum absolute atomic E-state index is 12.4. The van der Waals surface area contributed by atoms with Gasteiger partial charge in [0.2, 0.25) is 0 Å². The minimum Gasteiger partial charge on any atom is -0.497 e. The van der Waals surface area contributed by atoms with E-state index in [9.17, 15) is 14.4 Å². The molecule has 7 nitrogen and oxygen atoms in total. The molecule has 0 saturated carbocycles. The minimum atomic E-state index is -0.539. The second-order valence-corrected chi connectivity index (χ2v) is 7.41. The number of hydrogen-bond donors (Lipinski definition) is 0. The highest BCUT2D eigenvalue weighted by Gasteiger charge is 2.17. The van der Waals surface area contributed by atoms with Gasteiger partial charge in [-0.15, -0.1) is 0 Å². The first-order valence-electron chi connectivity index (χ1n) is 10.5. The normalized spacial score (nSPS) is 10.7. The van der Waals surface area contributed by atoms with E-state index in [4.69, 9.17) is 13.9 Å². The van der Waals surface area contributed by atoms with Crippen LogP contribution in [0.25, 0.3) is 11.0 Å². The fraction of sp³-hybridized carbons (Fsp3) is 0.320. The Morgan fingerprint density at radius 2 is 1.84 bits per heavy atom. The summed E-state index contributed by atoms with van der Waals surface area (Å²) in [4.78, 5) is 38.7. The van der Waals surface area contributed by atoms with Crippen molar-refractivity contribution in [2.24, 2.45) is 0 Å². The molecule has 7 heteroatoms. The topological polar surface area (TPSA) is 86.1 Å². The molecule has 2 aromatic carbocycles. The summed E-state index contributed by atoms with van der Waals surface area (Å²) >= 11 is 0. The Kier molecular flexibility index (Phi) is 7.65. The Balaban J connectivity index is 1.58. The fourth-order valence-corrected chi connectivity index (χ4v) is 3.50. The number of hydrogen-bond acceptors (Lipinski definition) is 6. The van der Waals surface area contributed by atoms with Gasteiger partial charge in [0.1, 0.15) is 11.3 Å². The van der Waals surface area contributed by atoms with Gasteiger partial charge in [-0.2, -0.15) is 0 Å². The van der Waals surface area contributed by atoms with Gasteiger partial charge in [-0.05, 0) is 43.5 Å². The molecule has 0 aliphatic carbocycles. The van der Waals surface area contributed by atoms with E-state index in [-0.39, 0.29) is 25.4 Å². The first-order valence-corrected chi connectivity index (χ1v) is 10.5. The number of esters is 1. The third-order valence-electron chi connectivity index (χ3n) is 5.38. The summed E-state index contributed by atoms with van der Waals surface area (Å²) in [6, 6.07) is 14.9. The van der Waals surface area contributed by atoms with Crippen molar-refractivity contribution in [1.82, 2.24) is 4.90 Å². The number of carbonyl (C=O) groups is 2. The summed E-state index contributed by atoms with van der Waals surface area (Å²) < 4.78 is 15.7. The van der Waals surface area contributed by atoms with Gasteiger partial charge in [0.15, 0.2) is 6.61 Å². The summed E-state index contributed by atoms with van der Waals surface area (Å²) in [6.07, 6.45) is 0.149. The molecule has 0 radical (unpaired) electrons. The molecule has 0 atom stereocenters. The zero-order chi connectivity index (χ0) is 23.1. The van der Waals surface area contributed by atoms with Crippen LogP contribution in [-0.4, -0.2) is 37.0 Å². The smallest absolute Gasteiger partial charge is 0.339 e. The Labute approximate surface area is 186 Å². The van der Waals surface area contributed by atoms with Crippen molar-refractivity contribution < 1.29 is 23.5 Å². The molecule has 0 aliphatic rings. The zero-order valence-electron chi connectivity index (χ0n) is 18.6. The van der Waals surface area contributed by atoms with Crippen LogP contribution in [0.15, 0.2) is 57.7 Å². The number of carbonyl (C=O) groups excluding carboxylic acids is 2. The van der Waals surface area contributed by atoms with E-state index >= 15 is 0 Å². The summed E-state index contributed by atoms with van der Waals surface area (Å²) in [5.41, 5.74) is 2.12. The maximum Gasteiger partial charge on any atom is 0.339 e. The number of benzene rings is 2. The van der Waals surface area contributed by atoms with Crippen LogP contribution in [-0.2, 0) is 27.3 Å². The lowest BCUT2D eigenvalue weighted by atomic mass is 10.0. The van der Waals surface area contributed by atoms with E-state index in [0.717, 1.165) is 16.5 Å². The van der Waals surface area contributed by atoms with Gasteiger partial charge in [0, 0.05) is 36.5 Å². The van der Waals surface area contributed by atoms with Crippen molar-refractivity contribution in [1.29, 1.82) is 0 Å². The molecule has 1 heterocycles. The molecule has 0 fully saturated rings. The monoisotopic (exact) mass is 437 g/mol. The van der Waals surface area contributed by atoms with E-state index in [0.29, 0.717) is 30.0 Å². The largest absolute Gasteiger partial charge is 0.497 e. The van der Waals surface area contributed by atoms with Crippen LogP contribution in [0.2, 0.25) is 0 Å². The molecule has 3 rings (SSSR count). The Morgan fingerprint density at radius 1 is 1.09 bits per heavy atom. The molecule has 0 aliphatic heterocycles. The van der Waals surface area contributed by atoms with Crippen molar-refractivity contribution >= 4 is 22.8 Å². The van der Waals surface area contributed by atoms with Crippen LogP contribution >= 0.6 is 0 Å². The van der Waals surface area contributed by atoms with E-state index in [2.05, 4.69) is 0 Å². The van der Waals surface area contributed by atoms with Gasteiger partial charge >= 0.3 is 11.6 Å². The first-order chi connectivity index (χ1) is 15.4. The number of ether oxygens (including phenoxy) is 2. The van der Waals surface area contributed by atoms with Gasteiger partial charge in [-0.3, -0.25) is 9.59 Å². The van der Waals surface area contributed by atoms with Crippen LogP contribution in [0, 0.1) is 6.92 Å². The van der Waals surface area contributed by atoms with E-state index in [1.54, 1.807) is 17.0 Å². The summed E-state index contributed by atoms with van der Waals surface area (Å²) in [6.45, 7) is 4.33. The van der Waals surface area contributed by atoms with Crippen molar-refractivity contribution in [3.63, 3.8) is 0 Å². The zero-order valence-corrected chi connectivity index (χ0v) is 18.6. The minimum absolute atomic E-state index is 0.0225. The third kappa shape index (κ3) is 5.55. The summed E-state index contributed by atoms with van der Waals surface area (Å²) in [5, 5.41) is 0.781. The number of methoxy groups -OCH3 is 1. The number of rotatable bonds is 9. The van der Waals surface area contributed by atoms with Crippen LogP contribution < -0.4 is 10.4 Å². The predicted octanol–water partition coefficient (Wildman–Crippen LogP) is 3.63. The molecule has 0 saturated heterocycles. The molecule has 168 valence electrons. The highest BCUT2D eigenvalue weighted by atomic mass is 16.5. The van der Waals surface area contributed by atoms with E-state index in [1.807, 2.05) is 50.2 Å². The van der Waals surface area contributed by atoms with Gasteiger partial charge in [0.25, 0.3) is 5.91 Å². The quantitative estimate of drug-likeness (QED) is 0.375. The Hall–Kier alpha value is -3.61. The highest BCUT2D eigenvalue weighted by molar-refractivity contribution is 5.83. The van der Waals surface area contributed by atoms with Crippen LogP contribution in [0.1, 0.15) is 30.0 Å². The standard InChI is InChI=1S/C25H27NO6/c1-4-26(15-18-8-6-5-7-9-18)23(27)16-31-24(28)13-12-21-17(2)20-11-10-19(30-3)14-22(20)32-25(21)29/h5-11,14H,4,12-13,15-16H2,1-3H3. The predicted molar refractivity (Wildman–Crippen MR) is 121 cm³/mol. The van der Waals surface area contributed by atoms with Gasteiger partial charge in [-0.1, -0.05) is 30.3 Å². The van der Waals surface area contributed by atoms with Gasteiger partial charge < -0.3 is 18.8 Å². The lowest BCUT2D eigenvalue weighted by Crippen LogP contribution is -2.34. The number of nitrogens with zero attached hydrogens (tertiary/aromatic N) is 1. The van der Waals surface area contributed by atoms with Crippen molar-refractivity contribution in [3.05, 3.63) is 75.6 Å².